The fourth-order valence-electron chi connectivity index (χ4n) is 1.56. The molecule has 1 rings (SSSR count). The molecule has 0 amide bonds. The molecule has 0 bridgehead atoms. The van der Waals surface area contributed by atoms with Gasteiger partial charge in [0.1, 0.15) is 0 Å². The van der Waals surface area contributed by atoms with Crippen molar-refractivity contribution in [1.82, 2.24) is 5.32 Å². The van der Waals surface area contributed by atoms with Crippen LogP contribution in [-0.4, -0.2) is 19.0 Å². The number of hydrogen-bond donors (Lipinski definition) is 2. The number of guanidine groups is 1. The zero-order valence-electron chi connectivity index (χ0n) is 11.9. The minimum absolute atomic E-state index is 0. The Hall–Kier alpha value is -1.04. The van der Waals surface area contributed by atoms with Crippen molar-refractivity contribution in [3.8, 4) is 0 Å². The largest absolute Gasteiger partial charge is 0.370 e. The Bertz CT molecular complexity index is 424. The number of hydrogen-bond acceptors (Lipinski definition) is 1. The van der Waals surface area contributed by atoms with E-state index in [9.17, 15) is 0 Å². The highest BCUT2D eigenvalue weighted by atomic mass is 127. The van der Waals surface area contributed by atoms with Gasteiger partial charge in [0, 0.05) is 12.0 Å². The van der Waals surface area contributed by atoms with E-state index in [2.05, 4.69) is 42.9 Å². The van der Waals surface area contributed by atoms with Gasteiger partial charge in [0.25, 0.3) is 0 Å². The lowest BCUT2D eigenvalue weighted by molar-refractivity contribution is 0.539. The summed E-state index contributed by atoms with van der Waals surface area (Å²) in [6.45, 7) is 11.4. The first-order valence-corrected chi connectivity index (χ1v) is 6.15. The number of rotatable bonds is 5. The van der Waals surface area contributed by atoms with E-state index in [-0.39, 0.29) is 29.4 Å². The van der Waals surface area contributed by atoms with Crippen molar-refractivity contribution in [3.63, 3.8) is 0 Å². The van der Waals surface area contributed by atoms with Gasteiger partial charge >= 0.3 is 0 Å². The molecule has 0 atom stereocenters. The molecule has 0 fully saturated rings. The average molecular weight is 373 g/mol. The maximum atomic E-state index is 5.81. The number of aliphatic imine (C=N–C) groups is 1. The molecule has 4 heteroatoms. The maximum absolute atomic E-state index is 5.81. The van der Waals surface area contributed by atoms with Crippen LogP contribution in [0.1, 0.15) is 26.3 Å². The first-order valence-electron chi connectivity index (χ1n) is 6.15. The highest BCUT2D eigenvalue weighted by molar-refractivity contribution is 14.0. The molecule has 0 aliphatic carbocycles. The zero-order chi connectivity index (χ0) is 13.6. The van der Waals surface area contributed by atoms with E-state index in [0.717, 1.165) is 5.57 Å². The van der Waals surface area contributed by atoms with Gasteiger partial charge in [-0.1, -0.05) is 56.3 Å². The van der Waals surface area contributed by atoms with Crippen molar-refractivity contribution >= 4 is 29.9 Å². The van der Waals surface area contributed by atoms with Gasteiger partial charge < -0.3 is 11.1 Å². The van der Waals surface area contributed by atoms with Gasteiger partial charge in [-0.3, -0.25) is 4.99 Å². The van der Waals surface area contributed by atoms with Gasteiger partial charge in [-0.2, -0.15) is 0 Å². The van der Waals surface area contributed by atoms with Crippen LogP contribution in [-0.2, 0) is 5.41 Å². The number of halogens is 1. The summed E-state index contributed by atoms with van der Waals surface area (Å²) in [5.41, 5.74) is 8.09. The molecule has 3 nitrogen and oxygen atoms in total. The van der Waals surface area contributed by atoms with Crippen molar-refractivity contribution in [2.75, 3.05) is 13.1 Å². The predicted molar refractivity (Wildman–Crippen MR) is 94.2 cm³/mol. The van der Waals surface area contributed by atoms with Crippen LogP contribution in [0, 0.1) is 0 Å². The Morgan fingerprint density at radius 3 is 2.42 bits per heavy atom. The summed E-state index contributed by atoms with van der Waals surface area (Å²) in [5.74, 6) is 0.474. The molecule has 0 aliphatic heterocycles. The van der Waals surface area contributed by atoms with E-state index in [4.69, 9.17) is 5.73 Å². The van der Waals surface area contributed by atoms with Crippen LogP contribution >= 0.6 is 24.0 Å². The van der Waals surface area contributed by atoms with E-state index in [1.165, 1.54) is 5.56 Å². The van der Waals surface area contributed by atoms with Crippen LogP contribution in [0.2, 0.25) is 0 Å². The van der Waals surface area contributed by atoms with Crippen molar-refractivity contribution in [2.45, 2.75) is 26.2 Å². The molecule has 0 heterocycles. The van der Waals surface area contributed by atoms with Crippen LogP contribution in [0.25, 0.3) is 0 Å². The molecule has 106 valence electrons. The van der Waals surface area contributed by atoms with Crippen molar-refractivity contribution < 1.29 is 0 Å². The SMILES string of the molecule is C=C(C)CNC(N)=NCC(C)(C)c1ccccc1.I. The lowest BCUT2D eigenvalue weighted by Gasteiger charge is -2.23. The Morgan fingerprint density at radius 2 is 1.89 bits per heavy atom. The van der Waals surface area contributed by atoms with Gasteiger partial charge in [-0.15, -0.1) is 24.0 Å². The van der Waals surface area contributed by atoms with Gasteiger partial charge in [0.15, 0.2) is 5.96 Å². The van der Waals surface area contributed by atoms with E-state index in [1.807, 2.05) is 25.1 Å². The molecule has 3 N–H and O–H groups in total. The number of nitrogens with zero attached hydrogens (tertiary/aromatic N) is 1. The van der Waals surface area contributed by atoms with Crippen molar-refractivity contribution in [1.29, 1.82) is 0 Å². The molecule has 0 aliphatic rings. The summed E-state index contributed by atoms with van der Waals surface area (Å²) < 4.78 is 0. The van der Waals surface area contributed by atoms with E-state index in [0.29, 0.717) is 19.0 Å². The van der Waals surface area contributed by atoms with Crippen molar-refractivity contribution in [2.24, 2.45) is 10.7 Å². The number of benzene rings is 1. The summed E-state index contributed by atoms with van der Waals surface area (Å²) >= 11 is 0. The highest BCUT2D eigenvalue weighted by Crippen LogP contribution is 2.22. The predicted octanol–water partition coefficient (Wildman–Crippen LogP) is 3.06. The second kappa shape index (κ2) is 8.19. The molecule has 0 unspecified atom stereocenters. The third-order valence-electron chi connectivity index (χ3n) is 2.77. The molecule has 1 aromatic rings. The van der Waals surface area contributed by atoms with Gasteiger partial charge in [-0.05, 0) is 12.5 Å². The minimum atomic E-state index is -0.0171. The number of nitrogens with two attached hydrogens (primary N) is 1. The Balaban J connectivity index is 0.00000324. The number of nitrogens with one attached hydrogen (secondary N) is 1. The van der Waals surface area contributed by atoms with Crippen molar-refractivity contribution in [3.05, 3.63) is 48.0 Å². The molecule has 0 spiro atoms. The molecular formula is C15H24IN3. The summed E-state index contributed by atoms with van der Waals surface area (Å²) in [4.78, 5) is 4.39. The molecular weight excluding hydrogens is 349 g/mol. The first-order chi connectivity index (χ1) is 8.42. The van der Waals surface area contributed by atoms with E-state index in [1.54, 1.807) is 0 Å². The minimum Gasteiger partial charge on any atom is -0.370 e. The Morgan fingerprint density at radius 1 is 1.32 bits per heavy atom. The highest BCUT2D eigenvalue weighted by Gasteiger charge is 2.19. The second-order valence-electron chi connectivity index (χ2n) is 5.26. The zero-order valence-corrected chi connectivity index (χ0v) is 14.3. The maximum Gasteiger partial charge on any atom is 0.188 e. The Labute approximate surface area is 133 Å². The molecule has 0 radical (unpaired) electrons. The topological polar surface area (TPSA) is 50.4 Å². The van der Waals surface area contributed by atoms with E-state index < -0.39 is 0 Å². The van der Waals surface area contributed by atoms with Crippen LogP contribution in [0.15, 0.2) is 47.5 Å². The quantitative estimate of drug-likeness (QED) is 0.361. The summed E-state index contributed by atoms with van der Waals surface area (Å²) in [6, 6.07) is 10.3. The monoisotopic (exact) mass is 373 g/mol. The lowest BCUT2D eigenvalue weighted by atomic mass is 9.85. The second-order valence-corrected chi connectivity index (χ2v) is 5.26. The Kier molecular flexibility index (Phi) is 7.75. The van der Waals surface area contributed by atoms with Crippen LogP contribution in [0.3, 0.4) is 0 Å². The van der Waals surface area contributed by atoms with Crippen LogP contribution in [0.4, 0.5) is 0 Å². The molecule has 19 heavy (non-hydrogen) atoms. The van der Waals surface area contributed by atoms with Gasteiger partial charge in [0.2, 0.25) is 0 Å². The van der Waals surface area contributed by atoms with Crippen LogP contribution in [0.5, 0.6) is 0 Å². The normalized spacial score (nSPS) is 11.6. The summed E-state index contributed by atoms with van der Waals surface area (Å²) in [5, 5.41) is 3.03. The van der Waals surface area contributed by atoms with Gasteiger partial charge in [-0.25, -0.2) is 0 Å². The van der Waals surface area contributed by atoms with Crippen LogP contribution < -0.4 is 11.1 Å². The lowest BCUT2D eigenvalue weighted by Crippen LogP contribution is -2.34. The molecule has 0 saturated carbocycles. The van der Waals surface area contributed by atoms with E-state index >= 15 is 0 Å². The molecule has 1 aromatic carbocycles. The van der Waals surface area contributed by atoms with Gasteiger partial charge in [0.05, 0.1) is 6.54 Å². The average Bonchev–Trinajstić information content (AvgIpc) is 2.35. The smallest absolute Gasteiger partial charge is 0.188 e. The molecule has 0 aromatic heterocycles. The first kappa shape index (κ1) is 18.0. The third kappa shape index (κ3) is 6.61. The standard InChI is InChI=1S/C15H23N3.HI/c1-12(2)10-17-14(16)18-11-15(3,4)13-8-6-5-7-9-13;/h5-9H,1,10-11H2,2-4H3,(H3,16,17,18);1H. The fourth-order valence-corrected chi connectivity index (χ4v) is 1.56. The molecule has 0 saturated heterocycles. The third-order valence-corrected chi connectivity index (χ3v) is 2.77. The summed E-state index contributed by atoms with van der Waals surface area (Å²) in [6.07, 6.45) is 0. The fraction of sp³-hybridized carbons (Fsp3) is 0.400. The summed E-state index contributed by atoms with van der Waals surface area (Å²) in [7, 11) is 0.